The molecular formula is C22H25ClN2O2S. The summed E-state index contributed by atoms with van der Waals surface area (Å²) < 4.78 is 7.52. The van der Waals surface area contributed by atoms with Crippen molar-refractivity contribution in [1.82, 2.24) is 10.3 Å². The number of fused-ring (bicyclic) bond motifs is 1. The highest BCUT2D eigenvalue weighted by Gasteiger charge is 2.21. The molecule has 148 valence electrons. The number of aliphatic hydroxyl groups excluding tert-OH is 1. The Morgan fingerprint density at radius 1 is 1.36 bits per heavy atom. The highest BCUT2D eigenvalue weighted by Crippen LogP contribution is 2.42. The summed E-state index contributed by atoms with van der Waals surface area (Å²) in [7, 11) is 0. The number of aromatic nitrogens is 1. The Kier molecular flexibility index (Phi) is 5.88. The molecule has 2 N–H and O–H groups in total. The van der Waals surface area contributed by atoms with Crippen LogP contribution in [0.4, 0.5) is 0 Å². The molecule has 0 bridgehead atoms. The fourth-order valence-corrected chi connectivity index (χ4v) is 5.19. The summed E-state index contributed by atoms with van der Waals surface area (Å²) in [5.74, 6) is 0.886. The lowest BCUT2D eigenvalue weighted by Gasteiger charge is -2.26. The Labute approximate surface area is 174 Å². The van der Waals surface area contributed by atoms with Crippen molar-refractivity contribution >= 4 is 33.2 Å². The summed E-state index contributed by atoms with van der Waals surface area (Å²) in [5, 5.41) is 14.4. The van der Waals surface area contributed by atoms with E-state index >= 15 is 0 Å². The van der Waals surface area contributed by atoms with Crippen LogP contribution in [-0.4, -0.2) is 29.3 Å². The molecule has 4 nitrogen and oxygen atoms in total. The Bertz CT molecular complexity index is 982. The molecule has 2 aromatic heterocycles. The lowest BCUT2D eigenvalue weighted by molar-refractivity contribution is 0.167. The van der Waals surface area contributed by atoms with Crippen molar-refractivity contribution < 1.29 is 9.84 Å². The number of thiophene rings is 1. The van der Waals surface area contributed by atoms with E-state index in [0.717, 1.165) is 63.5 Å². The van der Waals surface area contributed by atoms with Crippen LogP contribution in [0.3, 0.4) is 0 Å². The van der Waals surface area contributed by atoms with E-state index in [9.17, 15) is 5.11 Å². The molecule has 2 atom stereocenters. The summed E-state index contributed by atoms with van der Waals surface area (Å²) in [6.45, 7) is 5.93. The molecule has 0 radical (unpaired) electrons. The molecule has 0 spiro atoms. The molecule has 0 amide bonds. The van der Waals surface area contributed by atoms with Gasteiger partial charge in [-0.05, 0) is 62.6 Å². The molecule has 28 heavy (non-hydrogen) atoms. The van der Waals surface area contributed by atoms with E-state index in [2.05, 4.69) is 10.3 Å². The lowest BCUT2D eigenvalue weighted by atomic mass is 10.0. The molecule has 1 saturated heterocycles. The molecule has 0 saturated carbocycles. The van der Waals surface area contributed by atoms with Gasteiger partial charge in [0.2, 0.25) is 0 Å². The molecule has 1 aliphatic heterocycles. The van der Waals surface area contributed by atoms with Crippen molar-refractivity contribution in [2.24, 2.45) is 0 Å². The monoisotopic (exact) mass is 416 g/mol. The van der Waals surface area contributed by atoms with E-state index in [1.165, 1.54) is 0 Å². The van der Waals surface area contributed by atoms with Crippen LogP contribution in [0.25, 0.3) is 21.3 Å². The first-order valence-corrected chi connectivity index (χ1v) is 11.0. The number of pyridine rings is 1. The van der Waals surface area contributed by atoms with Gasteiger partial charge < -0.3 is 15.2 Å². The Morgan fingerprint density at radius 3 is 2.96 bits per heavy atom. The second-order valence-corrected chi connectivity index (χ2v) is 8.85. The minimum Gasteiger partial charge on any atom is -0.488 e. The maximum absolute atomic E-state index is 10.3. The van der Waals surface area contributed by atoms with Crippen molar-refractivity contribution in [2.75, 3.05) is 13.1 Å². The molecule has 4 rings (SSSR count). The van der Waals surface area contributed by atoms with Gasteiger partial charge >= 0.3 is 0 Å². The van der Waals surface area contributed by atoms with Gasteiger partial charge in [0.25, 0.3) is 0 Å². The number of aliphatic hydroxyl groups is 1. The maximum atomic E-state index is 10.3. The van der Waals surface area contributed by atoms with Crippen molar-refractivity contribution in [2.45, 2.75) is 45.3 Å². The van der Waals surface area contributed by atoms with E-state index in [-0.39, 0.29) is 6.10 Å². The van der Waals surface area contributed by atoms with Gasteiger partial charge in [0.1, 0.15) is 11.9 Å². The topological polar surface area (TPSA) is 54.4 Å². The van der Waals surface area contributed by atoms with Gasteiger partial charge in [-0.15, -0.1) is 11.3 Å². The number of aryl methyl sites for hydroxylation is 1. The van der Waals surface area contributed by atoms with E-state index < -0.39 is 6.10 Å². The first kappa shape index (κ1) is 19.6. The number of halogens is 1. The summed E-state index contributed by atoms with van der Waals surface area (Å²) in [5.41, 5.74) is 3.97. The van der Waals surface area contributed by atoms with Crippen LogP contribution in [0, 0.1) is 6.92 Å². The van der Waals surface area contributed by atoms with Gasteiger partial charge in [0.05, 0.1) is 16.3 Å². The largest absolute Gasteiger partial charge is 0.488 e. The fraction of sp³-hybridized carbons (Fsp3) is 0.409. The van der Waals surface area contributed by atoms with E-state index in [4.69, 9.17) is 16.3 Å². The third-order valence-electron chi connectivity index (χ3n) is 5.21. The average Bonchev–Trinajstić information content (AvgIpc) is 3.14. The number of nitrogens with zero attached hydrogens (tertiary/aromatic N) is 1. The average molecular weight is 417 g/mol. The van der Waals surface area contributed by atoms with Crippen LogP contribution < -0.4 is 10.1 Å². The third-order valence-corrected chi connectivity index (χ3v) is 6.69. The smallest absolute Gasteiger partial charge is 0.130 e. The van der Waals surface area contributed by atoms with Crippen LogP contribution in [-0.2, 0) is 0 Å². The van der Waals surface area contributed by atoms with Gasteiger partial charge in [0, 0.05) is 33.8 Å². The predicted octanol–water partition coefficient (Wildman–Crippen LogP) is 5.50. The molecule has 1 aromatic carbocycles. The molecule has 1 fully saturated rings. The van der Waals surface area contributed by atoms with Gasteiger partial charge in [-0.3, -0.25) is 4.98 Å². The number of ether oxygens (including phenoxy) is 1. The first-order valence-electron chi connectivity index (χ1n) is 9.81. The Hall–Kier alpha value is -1.66. The molecule has 0 aliphatic carbocycles. The zero-order valence-corrected chi connectivity index (χ0v) is 17.7. The summed E-state index contributed by atoms with van der Waals surface area (Å²) in [6.07, 6.45) is 4.36. The standard InChI is InChI=1S/C22H25ClN2O2S/c1-3-19(26)20-11-18-22(28-20)16(6-8-25-18)17-10-14(23)9-13(2)21(17)27-15-5-4-7-24-12-15/h6,8-11,15,19,24,26H,3-5,7,12H2,1-2H3/t15-,19?/m0/s1. The zero-order valence-electron chi connectivity index (χ0n) is 16.2. The number of benzene rings is 1. The number of nitrogens with one attached hydrogen (secondary N) is 1. The Balaban J connectivity index is 1.83. The summed E-state index contributed by atoms with van der Waals surface area (Å²) in [4.78, 5) is 5.45. The van der Waals surface area contributed by atoms with Crippen molar-refractivity contribution in [3.63, 3.8) is 0 Å². The fourth-order valence-electron chi connectivity index (χ4n) is 3.71. The van der Waals surface area contributed by atoms with Crippen LogP contribution in [0.2, 0.25) is 5.02 Å². The maximum Gasteiger partial charge on any atom is 0.130 e. The van der Waals surface area contributed by atoms with Crippen LogP contribution in [0.5, 0.6) is 5.75 Å². The minimum absolute atomic E-state index is 0.158. The lowest BCUT2D eigenvalue weighted by Crippen LogP contribution is -2.37. The van der Waals surface area contributed by atoms with Gasteiger partial charge in [0.15, 0.2) is 0 Å². The van der Waals surface area contributed by atoms with Crippen LogP contribution in [0.15, 0.2) is 30.5 Å². The second-order valence-electron chi connectivity index (χ2n) is 7.33. The quantitative estimate of drug-likeness (QED) is 0.576. The third kappa shape index (κ3) is 3.90. The highest BCUT2D eigenvalue weighted by atomic mass is 35.5. The molecule has 3 heterocycles. The van der Waals surface area contributed by atoms with Crippen molar-refractivity contribution in [3.05, 3.63) is 45.9 Å². The second kappa shape index (κ2) is 8.37. The van der Waals surface area contributed by atoms with E-state index in [1.807, 2.05) is 44.3 Å². The molecule has 1 unspecified atom stereocenters. The first-order chi connectivity index (χ1) is 13.6. The molecule has 3 aromatic rings. The van der Waals surface area contributed by atoms with Crippen LogP contribution in [0.1, 0.15) is 42.7 Å². The van der Waals surface area contributed by atoms with Crippen molar-refractivity contribution in [3.8, 4) is 16.9 Å². The van der Waals surface area contributed by atoms with Crippen LogP contribution >= 0.6 is 22.9 Å². The van der Waals surface area contributed by atoms with Gasteiger partial charge in [-0.1, -0.05) is 18.5 Å². The van der Waals surface area contributed by atoms with E-state index in [0.29, 0.717) is 11.4 Å². The molecule has 1 aliphatic rings. The van der Waals surface area contributed by atoms with Gasteiger partial charge in [-0.25, -0.2) is 0 Å². The zero-order chi connectivity index (χ0) is 19.7. The molecule has 6 heteroatoms. The normalized spacial score (nSPS) is 18.4. The number of rotatable bonds is 5. The molecular weight excluding hydrogens is 392 g/mol. The van der Waals surface area contributed by atoms with E-state index in [1.54, 1.807) is 11.3 Å². The predicted molar refractivity (Wildman–Crippen MR) is 117 cm³/mol. The number of piperidine rings is 1. The number of hydrogen-bond acceptors (Lipinski definition) is 5. The van der Waals surface area contributed by atoms with Crippen molar-refractivity contribution in [1.29, 1.82) is 0 Å². The summed E-state index contributed by atoms with van der Waals surface area (Å²) in [6, 6.07) is 7.93. The van der Waals surface area contributed by atoms with Gasteiger partial charge in [-0.2, -0.15) is 0 Å². The summed E-state index contributed by atoms with van der Waals surface area (Å²) >= 11 is 8.02. The Morgan fingerprint density at radius 2 is 2.21 bits per heavy atom. The number of hydrogen-bond donors (Lipinski definition) is 2. The highest BCUT2D eigenvalue weighted by molar-refractivity contribution is 7.19. The minimum atomic E-state index is -0.461. The SMILES string of the molecule is CCC(O)c1cc2nccc(-c3cc(Cl)cc(C)c3O[C@H]3CCCNC3)c2s1.